The summed E-state index contributed by atoms with van der Waals surface area (Å²) in [6.45, 7) is 4.02. The molecule has 112 valence electrons. The molecule has 0 aliphatic heterocycles. The van der Waals surface area contributed by atoms with E-state index in [1.54, 1.807) is 0 Å². The Balaban J connectivity index is 2.20. The summed E-state index contributed by atoms with van der Waals surface area (Å²) in [5, 5.41) is 12.4. The SMILES string of the molecule is COc1c(Cl)cc(C(=O)Nc2nnc(C(C)C)s2)cc1Cl. The summed E-state index contributed by atoms with van der Waals surface area (Å²) in [7, 11) is 1.46. The molecule has 0 atom stereocenters. The van der Waals surface area contributed by atoms with E-state index >= 15 is 0 Å². The third kappa shape index (κ3) is 3.64. The van der Waals surface area contributed by atoms with Gasteiger partial charge in [0.1, 0.15) is 5.01 Å². The van der Waals surface area contributed by atoms with Gasteiger partial charge >= 0.3 is 0 Å². The molecule has 1 amide bonds. The maximum Gasteiger partial charge on any atom is 0.257 e. The molecule has 2 rings (SSSR count). The van der Waals surface area contributed by atoms with Crippen molar-refractivity contribution in [1.29, 1.82) is 0 Å². The highest BCUT2D eigenvalue weighted by Gasteiger charge is 2.15. The number of aromatic nitrogens is 2. The summed E-state index contributed by atoms with van der Waals surface area (Å²) in [5.41, 5.74) is 0.326. The van der Waals surface area contributed by atoms with Crippen LogP contribution in [0.1, 0.15) is 35.1 Å². The van der Waals surface area contributed by atoms with Gasteiger partial charge in [0.25, 0.3) is 5.91 Å². The number of halogens is 2. The molecule has 0 spiro atoms. The minimum Gasteiger partial charge on any atom is -0.494 e. The van der Waals surface area contributed by atoms with Crippen LogP contribution in [-0.4, -0.2) is 23.2 Å². The van der Waals surface area contributed by atoms with E-state index in [9.17, 15) is 4.79 Å². The average molecular weight is 346 g/mol. The molecule has 1 heterocycles. The number of ether oxygens (including phenoxy) is 1. The molecule has 0 radical (unpaired) electrons. The first-order valence-electron chi connectivity index (χ1n) is 6.10. The summed E-state index contributed by atoms with van der Waals surface area (Å²) in [5.74, 6) is 0.249. The second-order valence-electron chi connectivity index (χ2n) is 4.53. The van der Waals surface area contributed by atoms with Crippen LogP contribution in [0, 0.1) is 0 Å². The lowest BCUT2D eigenvalue weighted by molar-refractivity contribution is 0.102. The smallest absolute Gasteiger partial charge is 0.257 e. The lowest BCUT2D eigenvalue weighted by Crippen LogP contribution is -2.12. The van der Waals surface area contributed by atoms with Crippen molar-refractivity contribution >= 4 is 45.6 Å². The van der Waals surface area contributed by atoms with Crippen molar-refractivity contribution in [2.24, 2.45) is 0 Å². The molecule has 0 aliphatic carbocycles. The number of carbonyl (C=O) groups is 1. The zero-order valence-corrected chi connectivity index (χ0v) is 13.9. The Hall–Kier alpha value is -1.37. The van der Waals surface area contributed by atoms with Gasteiger partial charge in [0.05, 0.1) is 17.2 Å². The molecule has 2 aromatic rings. The fraction of sp³-hybridized carbons (Fsp3) is 0.308. The maximum atomic E-state index is 12.2. The van der Waals surface area contributed by atoms with Gasteiger partial charge in [0.2, 0.25) is 5.13 Å². The van der Waals surface area contributed by atoms with Crippen LogP contribution in [-0.2, 0) is 0 Å². The van der Waals surface area contributed by atoms with Gasteiger partial charge in [-0.2, -0.15) is 0 Å². The third-order valence-corrected chi connectivity index (χ3v) is 4.32. The van der Waals surface area contributed by atoms with E-state index in [0.29, 0.717) is 16.4 Å². The highest BCUT2D eigenvalue weighted by molar-refractivity contribution is 7.15. The highest BCUT2D eigenvalue weighted by atomic mass is 35.5. The number of benzene rings is 1. The van der Waals surface area contributed by atoms with Crippen molar-refractivity contribution in [3.63, 3.8) is 0 Å². The molecule has 1 N–H and O–H groups in total. The molecule has 1 aromatic heterocycles. The Morgan fingerprint density at radius 3 is 2.38 bits per heavy atom. The topological polar surface area (TPSA) is 64.1 Å². The number of nitrogens with one attached hydrogen (secondary N) is 1. The quantitative estimate of drug-likeness (QED) is 0.900. The van der Waals surface area contributed by atoms with E-state index in [4.69, 9.17) is 27.9 Å². The number of amides is 1. The van der Waals surface area contributed by atoms with Crippen molar-refractivity contribution in [3.05, 3.63) is 32.7 Å². The van der Waals surface area contributed by atoms with Gasteiger partial charge in [-0.25, -0.2) is 0 Å². The van der Waals surface area contributed by atoms with Crippen LogP contribution in [0.25, 0.3) is 0 Å². The Kier molecular flexibility index (Phi) is 5.03. The largest absolute Gasteiger partial charge is 0.494 e. The number of carbonyl (C=O) groups excluding carboxylic acids is 1. The first kappa shape index (κ1) is 16.0. The van der Waals surface area contributed by atoms with E-state index in [2.05, 4.69) is 15.5 Å². The van der Waals surface area contributed by atoms with Crippen molar-refractivity contribution < 1.29 is 9.53 Å². The van der Waals surface area contributed by atoms with E-state index < -0.39 is 0 Å². The van der Waals surface area contributed by atoms with E-state index in [-0.39, 0.29) is 21.9 Å². The Morgan fingerprint density at radius 1 is 1.29 bits per heavy atom. The maximum absolute atomic E-state index is 12.2. The molecule has 0 bridgehead atoms. The van der Waals surface area contributed by atoms with Crippen LogP contribution < -0.4 is 10.1 Å². The fourth-order valence-corrected chi connectivity index (χ4v) is 2.96. The van der Waals surface area contributed by atoms with Crippen LogP contribution in [0.2, 0.25) is 10.0 Å². The summed E-state index contributed by atoms with van der Waals surface area (Å²) in [6.07, 6.45) is 0. The number of rotatable bonds is 4. The normalized spacial score (nSPS) is 10.8. The van der Waals surface area contributed by atoms with Crippen LogP contribution in [0.5, 0.6) is 5.75 Å². The molecule has 21 heavy (non-hydrogen) atoms. The number of hydrogen-bond donors (Lipinski definition) is 1. The van der Waals surface area contributed by atoms with Gasteiger partial charge in [-0.3, -0.25) is 10.1 Å². The van der Waals surface area contributed by atoms with E-state index in [1.807, 2.05) is 13.8 Å². The fourth-order valence-electron chi connectivity index (χ4n) is 1.57. The molecule has 1 aromatic carbocycles. The lowest BCUT2D eigenvalue weighted by Gasteiger charge is -2.08. The summed E-state index contributed by atoms with van der Waals surface area (Å²) >= 11 is 13.4. The van der Waals surface area contributed by atoms with Gasteiger partial charge < -0.3 is 4.74 Å². The number of nitrogens with zero attached hydrogens (tertiary/aromatic N) is 2. The number of hydrogen-bond acceptors (Lipinski definition) is 5. The van der Waals surface area contributed by atoms with Crippen molar-refractivity contribution in [2.75, 3.05) is 12.4 Å². The molecular formula is C13H13Cl2N3O2S. The number of methoxy groups -OCH3 is 1. The van der Waals surface area contributed by atoms with Gasteiger partial charge in [-0.1, -0.05) is 48.4 Å². The standard InChI is InChI=1S/C13H13Cl2N3O2S/c1-6(2)12-17-18-13(21-12)16-11(19)7-4-8(14)10(20-3)9(15)5-7/h4-6H,1-3H3,(H,16,18,19). The van der Waals surface area contributed by atoms with Crippen molar-refractivity contribution in [2.45, 2.75) is 19.8 Å². The van der Waals surface area contributed by atoms with Gasteiger partial charge in [-0.05, 0) is 12.1 Å². The van der Waals surface area contributed by atoms with Crippen LogP contribution >= 0.6 is 34.5 Å². The molecule has 0 saturated heterocycles. The third-order valence-electron chi connectivity index (χ3n) is 2.62. The van der Waals surface area contributed by atoms with Crippen LogP contribution in [0.3, 0.4) is 0 Å². The minimum absolute atomic E-state index is 0.262. The van der Waals surface area contributed by atoms with Crippen molar-refractivity contribution in [3.8, 4) is 5.75 Å². The zero-order valence-electron chi connectivity index (χ0n) is 11.6. The molecule has 0 fully saturated rings. The first-order valence-corrected chi connectivity index (χ1v) is 7.67. The summed E-state index contributed by atoms with van der Waals surface area (Å²) < 4.78 is 5.04. The van der Waals surface area contributed by atoms with Crippen LogP contribution in [0.15, 0.2) is 12.1 Å². The summed E-state index contributed by atoms with van der Waals surface area (Å²) in [4.78, 5) is 12.2. The average Bonchev–Trinajstić information content (AvgIpc) is 2.87. The molecule has 0 saturated carbocycles. The number of anilines is 1. The molecule has 5 nitrogen and oxygen atoms in total. The van der Waals surface area contributed by atoms with E-state index in [0.717, 1.165) is 5.01 Å². The van der Waals surface area contributed by atoms with Gasteiger partial charge in [-0.15, -0.1) is 10.2 Å². The predicted octanol–water partition coefficient (Wildman–Crippen LogP) is 4.23. The van der Waals surface area contributed by atoms with Gasteiger partial charge in [0.15, 0.2) is 5.75 Å². The van der Waals surface area contributed by atoms with Crippen LogP contribution in [0.4, 0.5) is 5.13 Å². The Morgan fingerprint density at radius 2 is 1.90 bits per heavy atom. The Labute approximate surface area is 136 Å². The second kappa shape index (κ2) is 6.60. The molecule has 8 heteroatoms. The van der Waals surface area contributed by atoms with Crippen molar-refractivity contribution in [1.82, 2.24) is 10.2 Å². The monoisotopic (exact) mass is 345 g/mol. The van der Waals surface area contributed by atoms with E-state index in [1.165, 1.54) is 30.6 Å². The molecule has 0 unspecified atom stereocenters. The predicted molar refractivity (Wildman–Crippen MR) is 85.0 cm³/mol. The molecule has 0 aliphatic rings. The lowest BCUT2D eigenvalue weighted by atomic mass is 10.2. The minimum atomic E-state index is -0.354. The highest BCUT2D eigenvalue weighted by Crippen LogP contribution is 2.34. The summed E-state index contributed by atoms with van der Waals surface area (Å²) in [6, 6.07) is 2.98. The molecular weight excluding hydrogens is 333 g/mol. The first-order chi connectivity index (χ1) is 9.92. The van der Waals surface area contributed by atoms with Gasteiger partial charge in [0, 0.05) is 11.5 Å². The second-order valence-corrected chi connectivity index (χ2v) is 6.35. The Bertz CT molecular complexity index is 650. The zero-order chi connectivity index (χ0) is 15.6.